The fourth-order valence-electron chi connectivity index (χ4n) is 1.78. The van der Waals surface area contributed by atoms with Gasteiger partial charge in [-0.2, -0.15) is 0 Å². The summed E-state index contributed by atoms with van der Waals surface area (Å²) < 4.78 is 6.33. The van der Waals surface area contributed by atoms with Crippen molar-refractivity contribution in [1.82, 2.24) is 0 Å². The van der Waals surface area contributed by atoms with Crippen molar-refractivity contribution >= 4 is 34.0 Å². The Morgan fingerprint density at radius 3 is 2.71 bits per heavy atom. The van der Waals surface area contributed by atoms with E-state index in [0.717, 1.165) is 30.9 Å². The molecule has 0 spiro atoms. The molecule has 17 heavy (non-hydrogen) atoms. The topological polar surface area (TPSA) is 38.5 Å². The molecule has 0 radical (unpaired) electrons. The third-order valence-corrected chi connectivity index (χ3v) is 3.63. The Morgan fingerprint density at radius 1 is 1.47 bits per heavy atom. The molecule has 0 bridgehead atoms. The van der Waals surface area contributed by atoms with Crippen LogP contribution in [0.15, 0.2) is 18.2 Å². The number of benzene rings is 1. The Hall–Kier alpha value is -0.490. The Labute approximate surface area is 117 Å². The molecule has 0 heterocycles. The van der Waals surface area contributed by atoms with Crippen molar-refractivity contribution in [3.05, 3.63) is 21.8 Å². The molecular weight excluding hydrogens is 327 g/mol. The lowest BCUT2D eigenvalue weighted by Crippen LogP contribution is -2.35. The Kier molecular flexibility index (Phi) is 6.05. The van der Waals surface area contributed by atoms with Crippen LogP contribution in [0.5, 0.6) is 0 Å². The standard InChI is InChI=1S/C13H21IN2O/c1-4-10(2)16(7-8-17-3)13-6-5-11(14)9-12(13)15/h5-6,9-10H,4,7-8,15H2,1-3H3. The molecule has 0 fully saturated rings. The number of anilines is 2. The summed E-state index contributed by atoms with van der Waals surface area (Å²) in [6.45, 7) is 5.99. The highest BCUT2D eigenvalue weighted by Crippen LogP contribution is 2.27. The minimum Gasteiger partial charge on any atom is -0.397 e. The first kappa shape index (κ1) is 14.6. The highest BCUT2D eigenvalue weighted by atomic mass is 127. The number of methoxy groups -OCH3 is 1. The van der Waals surface area contributed by atoms with Gasteiger partial charge in [0, 0.05) is 23.3 Å². The summed E-state index contributed by atoms with van der Waals surface area (Å²) in [6.07, 6.45) is 1.09. The fraction of sp³-hybridized carbons (Fsp3) is 0.538. The summed E-state index contributed by atoms with van der Waals surface area (Å²) >= 11 is 2.28. The van der Waals surface area contributed by atoms with E-state index in [4.69, 9.17) is 10.5 Å². The third-order valence-electron chi connectivity index (χ3n) is 2.96. The van der Waals surface area contributed by atoms with Crippen molar-refractivity contribution in [2.75, 3.05) is 30.9 Å². The van der Waals surface area contributed by atoms with E-state index in [2.05, 4.69) is 53.5 Å². The molecule has 0 aromatic heterocycles. The zero-order valence-corrected chi connectivity index (χ0v) is 12.9. The summed E-state index contributed by atoms with van der Waals surface area (Å²) in [4.78, 5) is 2.31. The predicted octanol–water partition coefficient (Wildman–Crippen LogP) is 3.12. The van der Waals surface area contributed by atoms with E-state index in [1.165, 1.54) is 3.57 Å². The predicted molar refractivity (Wildman–Crippen MR) is 82.5 cm³/mol. The zero-order chi connectivity index (χ0) is 12.8. The molecule has 96 valence electrons. The van der Waals surface area contributed by atoms with Crippen molar-refractivity contribution in [1.29, 1.82) is 0 Å². The third kappa shape index (κ3) is 4.03. The van der Waals surface area contributed by atoms with Crippen molar-refractivity contribution in [3.8, 4) is 0 Å². The van der Waals surface area contributed by atoms with E-state index in [1.807, 2.05) is 6.07 Å². The van der Waals surface area contributed by atoms with Gasteiger partial charge in [0.15, 0.2) is 0 Å². The molecule has 0 aliphatic heterocycles. The van der Waals surface area contributed by atoms with Crippen LogP contribution < -0.4 is 10.6 Å². The SMILES string of the molecule is CCC(C)N(CCOC)c1ccc(I)cc1N. The summed E-state index contributed by atoms with van der Waals surface area (Å²) in [7, 11) is 1.73. The smallest absolute Gasteiger partial charge is 0.0637 e. The minimum atomic E-state index is 0.465. The summed E-state index contributed by atoms with van der Waals surface area (Å²) in [5.41, 5.74) is 8.05. The molecule has 3 nitrogen and oxygen atoms in total. The minimum absolute atomic E-state index is 0.465. The molecule has 1 rings (SSSR count). The highest BCUT2D eigenvalue weighted by Gasteiger charge is 2.15. The molecule has 0 saturated heterocycles. The van der Waals surface area contributed by atoms with Crippen molar-refractivity contribution in [2.24, 2.45) is 0 Å². The lowest BCUT2D eigenvalue weighted by molar-refractivity contribution is 0.203. The van der Waals surface area contributed by atoms with Crippen LogP contribution in [0.4, 0.5) is 11.4 Å². The van der Waals surface area contributed by atoms with Crippen LogP contribution in [0, 0.1) is 3.57 Å². The fourth-order valence-corrected chi connectivity index (χ4v) is 2.29. The number of hydrogen-bond donors (Lipinski definition) is 1. The molecule has 0 aliphatic carbocycles. The van der Waals surface area contributed by atoms with Gasteiger partial charge in [-0.05, 0) is 54.1 Å². The van der Waals surface area contributed by atoms with Gasteiger partial charge in [0.1, 0.15) is 0 Å². The van der Waals surface area contributed by atoms with Crippen LogP contribution in [0.2, 0.25) is 0 Å². The number of nitrogen functional groups attached to an aromatic ring is 1. The Morgan fingerprint density at radius 2 is 2.18 bits per heavy atom. The Balaban J connectivity index is 2.95. The lowest BCUT2D eigenvalue weighted by Gasteiger charge is -2.31. The molecule has 2 N–H and O–H groups in total. The second kappa shape index (κ2) is 7.06. The number of halogens is 1. The van der Waals surface area contributed by atoms with Crippen LogP contribution in [0.25, 0.3) is 0 Å². The van der Waals surface area contributed by atoms with Gasteiger partial charge < -0.3 is 15.4 Å². The average Bonchev–Trinajstić information content (AvgIpc) is 2.31. The highest BCUT2D eigenvalue weighted by molar-refractivity contribution is 14.1. The first-order chi connectivity index (χ1) is 8.10. The van der Waals surface area contributed by atoms with Gasteiger partial charge in [-0.25, -0.2) is 0 Å². The van der Waals surface area contributed by atoms with Crippen LogP contribution in [0.1, 0.15) is 20.3 Å². The Bertz CT molecular complexity index is 357. The van der Waals surface area contributed by atoms with E-state index in [1.54, 1.807) is 7.11 Å². The molecule has 4 heteroatoms. The van der Waals surface area contributed by atoms with E-state index in [0.29, 0.717) is 6.04 Å². The van der Waals surface area contributed by atoms with Crippen LogP contribution >= 0.6 is 22.6 Å². The van der Waals surface area contributed by atoms with Gasteiger partial charge in [0.05, 0.1) is 18.0 Å². The van der Waals surface area contributed by atoms with Gasteiger partial charge in [-0.15, -0.1) is 0 Å². The van der Waals surface area contributed by atoms with Gasteiger partial charge in [0.25, 0.3) is 0 Å². The number of nitrogens with two attached hydrogens (primary N) is 1. The normalized spacial score (nSPS) is 12.5. The van der Waals surface area contributed by atoms with Gasteiger partial charge in [0.2, 0.25) is 0 Å². The second-order valence-electron chi connectivity index (χ2n) is 4.15. The zero-order valence-electron chi connectivity index (χ0n) is 10.7. The average molecular weight is 348 g/mol. The van der Waals surface area contributed by atoms with Crippen LogP contribution in [0.3, 0.4) is 0 Å². The van der Waals surface area contributed by atoms with E-state index < -0.39 is 0 Å². The molecular formula is C13H21IN2O. The maximum atomic E-state index is 6.10. The van der Waals surface area contributed by atoms with Crippen LogP contribution in [-0.4, -0.2) is 26.3 Å². The molecule has 1 unspecified atom stereocenters. The largest absolute Gasteiger partial charge is 0.397 e. The number of nitrogens with zero attached hydrogens (tertiary/aromatic N) is 1. The molecule has 0 aliphatic rings. The summed E-state index contributed by atoms with van der Waals surface area (Å²) in [6, 6.07) is 6.67. The number of hydrogen-bond acceptors (Lipinski definition) is 3. The molecule has 1 aromatic carbocycles. The first-order valence-electron chi connectivity index (χ1n) is 5.90. The van der Waals surface area contributed by atoms with Gasteiger partial charge in [-0.1, -0.05) is 6.92 Å². The second-order valence-corrected chi connectivity index (χ2v) is 5.39. The molecule has 1 aromatic rings. The van der Waals surface area contributed by atoms with E-state index in [9.17, 15) is 0 Å². The van der Waals surface area contributed by atoms with E-state index in [-0.39, 0.29) is 0 Å². The first-order valence-corrected chi connectivity index (χ1v) is 6.98. The van der Waals surface area contributed by atoms with Crippen molar-refractivity contribution in [2.45, 2.75) is 26.3 Å². The maximum absolute atomic E-state index is 6.10. The van der Waals surface area contributed by atoms with Crippen molar-refractivity contribution < 1.29 is 4.74 Å². The lowest BCUT2D eigenvalue weighted by atomic mass is 10.1. The molecule has 0 amide bonds. The summed E-state index contributed by atoms with van der Waals surface area (Å²) in [5.74, 6) is 0. The molecule has 0 saturated carbocycles. The van der Waals surface area contributed by atoms with Gasteiger partial charge in [-0.3, -0.25) is 0 Å². The summed E-state index contributed by atoms with van der Waals surface area (Å²) in [5, 5.41) is 0. The van der Waals surface area contributed by atoms with E-state index >= 15 is 0 Å². The maximum Gasteiger partial charge on any atom is 0.0637 e. The number of ether oxygens (including phenoxy) is 1. The monoisotopic (exact) mass is 348 g/mol. The van der Waals surface area contributed by atoms with Crippen LogP contribution in [-0.2, 0) is 4.74 Å². The van der Waals surface area contributed by atoms with Gasteiger partial charge >= 0.3 is 0 Å². The van der Waals surface area contributed by atoms with Crippen molar-refractivity contribution in [3.63, 3.8) is 0 Å². The molecule has 1 atom stereocenters. The quantitative estimate of drug-likeness (QED) is 0.634. The number of rotatable bonds is 6.